The predicted molar refractivity (Wildman–Crippen MR) is 62.3 cm³/mol. The van der Waals surface area contributed by atoms with Crippen molar-refractivity contribution < 1.29 is 4.79 Å². The Balaban J connectivity index is 2.24. The van der Waals surface area contributed by atoms with Crippen LogP contribution in [0.1, 0.15) is 18.9 Å². The number of hydrogen-bond acceptors (Lipinski definition) is 1. The van der Waals surface area contributed by atoms with Gasteiger partial charge in [0.2, 0.25) is 0 Å². The molecule has 0 spiro atoms. The van der Waals surface area contributed by atoms with Gasteiger partial charge in [0.25, 0.3) is 0 Å². The van der Waals surface area contributed by atoms with Crippen molar-refractivity contribution in [3.05, 3.63) is 54.1 Å². The Kier molecular flexibility index (Phi) is 2.55. The Morgan fingerprint density at radius 2 is 2.00 bits per heavy atom. The monoisotopic (exact) mass is 198 g/mol. The summed E-state index contributed by atoms with van der Waals surface area (Å²) in [4.78, 5) is 10.8. The molecule has 0 saturated heterocycles. The van der Waals surface area contributed by atoms with Crippen molar-refractivity contribution in [2.75, 3.05) is 0 Å². The largest absolute Gasteiger partial charge is 0.302 e. The zero-order valence-electron chi connectivity index (χ0n) is 8.81. The SMILES string of the molecule is CC1(C=O)C=CC(c2ccccc2)=CC1. The maximum Gasteiger partial charge on any atom is 0.129 e. The molecule has 15 heavy (non-hydrogen) atoms. The van der Waals surface area contributed by atoms with Crippen molar-refractivity contribution in [2.24, 2.45) is 5.41 Å². The van der Waals surface area contributed by atoms with Crippen LogP contribution in [0.25, 0.3) is 5.57 Å². The second-order valence-electron chi connectivity index (χ2n) is 4.19. The molecule has 0 N–H and O–H groups in total. The van der Waals surface area contributed by atoms with Gasteiger partial charge < -0.3 is 4.79 Å². The van der Waals surface area contributed by atoms with Gasteiger partial charge in [0, 0.05) is 5.41 Å². The topological polar surface area (TPSA) is 17.1 Å². The summed E-state index contributed by atoms with van der Waals surface area (Å²) in [5.41, 5.74) is 2.11. The number of carbonyl (C=O) groups is 1. The van der Waals surface area contributed by atoms with E-state index >= 15 is 0 Å². The van der Waals surface area contributed by atoms with E-state index in [0.717, 1.165) is 12.7 Å². The summed E-state index contributed by atoms with van der Waals surface area (Å²) in [5.74, 6) is 0. The van der Waals surface area contributed by atoms with Gasteiger partial charge >= 0.3 is 0 Å². The number of allylic oxidation sites excluding steroid dienone is 4. The van der Waals surface area contributed by atoms with E-state index in [1.54, 1.807) is 0 Å². The normalized spacial score (nSPS) is 24.7. The molecule has 0 bridgehead atoms. The number of benzene rings is 1. The van der Waals surface area contributed by atoms with Crippen LogP contribution in [0.5, 0.6) is 0 Å². The van der Waals surface area contributed by atoms with Crippen molar-refractivity contribution in [3.8, 4) is 0 Å². The minimum atomic E-state index is -0.307. The van der Waals surface area contributed by atoms with Gasteiger partial charge in [-0.2, -0.15) is 0 Å². The van der Waals surface area contributed by atoms with E-state index in [0.29, 0.717) is 0 Å². The molecule has 0 radical (unpaired) electrons. The molecule has 0 fully saturated rings. The van der Waals surface area contributed by atoms with E-state index in [9.17, 15) is 4.79 Å². The first-order valence-electron chi connectivity index (χ1n) is 5.15. The second kappa shape index (κ2) is 3.85. The van der Waals surface area contributed by atoms with E-state index in [1.165, 1.54) is 11.1 Å². The molecule has 2 rings (SSSR count). The number of carbonyl (C=O) groups excluding carboxylic acids is 1. The second-order valence-corrected chi connectivity index (χ2v) is 4.19. The smallest absolute Gasteiger partial charge is 0.129 e. The Labute approximate surface area is 90.1 Å². The summed E-state index contributed by atoms with van der Waals surface area (Å²) in [6.07, 6.45) is 7.96. The van der Waals surface area contributed by atoms with E-state index < -0.39 is 0 Å². The van der Waals surface area contributed by atoms with Crippen molar-refractivity contribution in [3.63, 3.8) is 0 Å². The highest BCUT2D eigenvalue weighted by molar-refractivity contribution is 5.78. The summed E-state index contributed by atoms with van der Waals surface area (Å²) in [5, 5.41) is 0. The van der Waals surface area contributed by atoms with E-state index in [2.05, 4.69) is 18.2 Å². The highest BCUT2D eigenvalue weighted by atomic mass is 16.1. The van der Waals surface area contributed by atoms with Crippen LogP contribution in [0, 0.1) is 5.41 Å². The quantitative estimate of drug-likeness (QED) is 0.667. The molecule has 1 aliphatic rings. The lowest BCUT2D eigenvalue weighted by Gasteiger charge is -2.21. The van der Waals surface area contributed by atoms with Gasteiger partial charge in [0.1, 0.15) is 6.29 Å². The van der Waals surface area contributed by atoms with Gasteiger partial charge in [-0.05, 0) is 24.5 Å². The zero-order valence-corrected chi connectivity index (χ0v) is 8.81. The van der Waals surface area contributed by atoms with Crippen LogP contribution >= 0.6 is 0 Å². The van der Waals surface area contributed by atoms with Gasteiger partial charge in [-0.1, -0.05) is 48.6 Å². The fourth-order valence-corrected chi connectivity index (χ4v) is 1.68. The maximum atomic E-state index is 10.8. The molecule has 0 aromatic heterocycles. The third kappa shape index (κ3) is 2.07. The lowest BCUT2D eigenvalue weighted by atomic mass is 9.82. The van der Waals surface area contributed by atoms with Gasteiger partial charge in [-0.25, -0.2) is 0 Å². The van der Waals surface area contributed by atoms with E-state index in [-0.39, 0.29) is 5.41 Å². The summed E-state index contributed by atoms with van der Waals surface area (Å²) < 4.78 is 0. The van der Waals surface area contributed by atoms with Crippen molar-refractivity contribution in [1.29, 1.82) is 0 Å². The first-order valence-corrected chi connectivity index (χ1v) is 5.15. The first kappa shape index (κ1) is 9.91. The average Bonchev–Trinajstić information content (AvgIpc) is 2.31. The molecule has 0 aliphatic heterocycles. The fraction of sp³-hybridized carbons (Fsp3) is 0.214. The van der Waals surface area contributed by atoms with Crippen LogP contribution in [0.2, 0.25) is 0 Å². The molecule has 1 unspecified atom stereocenters. The van der Waals surface area contributed by atoms with Gasteiger partial charge in [0.05, 0.1) is 0 Å². The molecular weight excluding hydrogens is 184 g/mol. The summed E-state index contributed by atoms with van der Waals surface area (Å²) >= 11 is 0. The highest BCUT2D eigenvalue weighted by Gasteiger charge is 2.21. The van der Waals surface area contributed by atoms with Gasteiger partial charge in [-0.15, -0.1) is 0 Å². The standard InChI is InChI=1S/C14H14O/c1-14(11-15)9-7-13(8-10-14)12-5-3-2-4-6-12/h2-9,11H,10H2,1H3. The van der Waals surface area contributed by atoms with Crippen LogP contribution in [-0.2, 0) is 4.79 Å². The summed E-state index contributed by atoms with van der Waals surface area (Å²) in [6.45, 7) is 1.95. The molecule has 1 aromatic rings. The molecule has 1 aromatic carbocycles. The highest BCUT2D eigenvalue weighted by Crippen LogP contribution is 2.30. The molecule has 1 nitrogen and oxygen atoms in total. The number of hydrogen-bond donors (Lipinski definition) is 0. The molecule has 0 saturated carbocycles. The molecule has 1 aliphatic carbocycles. The van der Waals surface area contributed by atoms with Crippen molar-refractivity contribution >= 4 is 11.9 Å². The number of aldehydes is 1. The van der Waals surface area contributed by atoms with Crippen LogP contribution in [-0.4, -0.2) is 6.29 Å². The van der Waals surface area contributed by atoms with Crippen LogP contribution in [0.4, 0.5) is 0 Å². The fourth-order valence-electron chi connectivity index (χ4n) is 1.68. The Morgan fingerprint density at radius 1 is 1.27 bits per heavy atom. The molecule has 0 amide bonds. The Morgan fingerprint density at radius 3 is 2.53 bits per heavy atom. The lowest BCUT2D eigenvalue weighted by molar-refractivity contribution is -0.113. The maximum absolute atomic E-state index is 10.8. The third-order valence-electron chi connectivity index (χ3n) is 2.78. The van der Waals surface area contributed by atoms with Crippen LogP contribution in [0.15, 0.2) is 48.6 Å². The lowest BCUT2D eigenvalue weighted by Crippen LogP contribution is -2.15. The summed E-state index contributed by atoms with van der Waals surface area (Å²) in [6, 6.07) is 10.2. The number of rotatable bonds is 2. The van der Waals surface area contributed by atoms with Gasteiger partial charge in [-0.3, -0.25) is 0 Å². The molecule has 1 atom stereocenters. The Hall–Kier alpha value is -1.63. The molecule has 1 heteroatoms. The van der Waals surface area contributed by atoms with Crippen molar-refractivity contribution in [2.45, 2.75) is 13.3 Å². The van der Waals surface area contributed by atoms with Gasteiger partial charge in [0.15, 0.2) is 0 Å². The third-order valence-corrected chi connectivity index (χ3v) is 2.78. The first-order chi connectivity index (χ1) is 7.23. The van der Waals surface area contributed by atoms with Crippen LogP contribution in [0.3, 0.4) is 0 Å². The average molecular weight is 198 g/mol. The predicted octanol–water partition coefficient (Wildman–Crippen LogP) is 3.24. The molecule has 76 valence electrons. The molecule has 0 heterocycles. The van der Waals surface area contributed by atoms with Crippen molar-refractivity contribution in [1.82, 2.24) is 0 Å². The van der Waals surface area contributed by atoms with E-state index in [1.807, 2.05) is 37.3 Å². The summed E-state index contributed by atoms with van der Waals surface area (Å²) in [7, 11) is 0. The Bertz CT molecular complexity index is 414. The minimum Gasteiger partial charge on any atom is -0.302 e. The molecular formula is C14H14O. The minimum absolute atomic E-state index is 0.307. The van der Waals surface area contributed by atoms with Crippen LogP contribution < -0.4 is 0 Å². The zero-order chi connectivity index (χ0) is 10.7. The van der Waals surface area contributed by atoms with E-state index in [4.69, 9.17) is 0 Å².